The average molecular weight is 452 g/mol. The summed E-state index contributed by atoms with van der Waals surface area (Å²) < 4.78 is 15.0. The van der Waals surface area contributed by atoms with Crippen molar-refractivity contribution in [1.82, 2.24) is 15.8 Å². The molecule has 10 nitrogen and oxygen atoms in total. The number of methoxy groups -OCH3 is 1. The molecule has 0 saturated carbocycles. The molecule has 0 saturated heterocycles. The molecule has 31 heavy (non-hydrogen) atoms. The molecular formula is C20H22ClN3O7. The van der Waals surface area contributed by atoms with Crippen LogP contribution in [0.4, 0.5) is 0 Å². The SMILES string of the molecule is CCOC(=O)c1c(C)[nH]c(C(=O)OCC(=O)NNC(=O)c2cc(Cl)ccc2OC)c1C. The topological polar surface area (TPSA) is 136 Å². The van der Waals surface area contributed by atoms with E-state index in [-0.39, 0.29) is 29.2 Å². The van der Waals surface area contributed by atoms with Gasteiger partial charge in [-0.2, -0.15) is 0 Å². The quantitative estimate of drug-likeness (QED) is 0.433. The van der Waals surface area contributed by atoms with E-state index in [2.05, 4.69) is 15.8 Å². The highest BCUT2D eigenvalue weighted by Crippen LogP contribution is 2.22. The lowest BCUT2D eigenvalue weighted by Crippen LogP contribution is -2.43. The number of esters is 2. The van der Waals surface area contributed by atoms with Crippen LogP contribution in [0.5, 0.6) is 5.75 Å². The van der Waals surface area contributed by atoms with Crippen molar-refractivity contribution in [2.75, 3.05) is 20.3 Å². The van der Waals surface area contributed by atoms with E-state index < -0.39 is 30.4 Å². The van der Waals surface area contributed by atoms with Gasteiger partial charge in [-0.05, 0) is 44.5 Å². The molecule has 0 unspecified atom stereocenters. The number of hydrazine groups is 1. The van der Waals surface area contributed by atoms with Gasteiger partial charge in [0.2, 0.25) is 0 Å². The van der Waals surface area contributed by atoms with Crippen molar-refractivity contribution in [3.8, 4) is 5.75 Å². The zero-order chi connectivity index (χ0) is 23.1. The fourth-order valence-corrected chi connectivity index (χ4v) is 2.93. The first-order valence-electron chi connectivity index (χ1n) is 9.15. The second-order valence-corrected chi connectivity index (χ2v) is 6.70. The Morgan fingerprint density at radius 2 is 1.77 bits per heavy atom. The molecule has 0 radical (unpaired) electrons. The summed E-state index contributed by atoms with van der Waals surface area (Å²) in [6.45, 7) is 4.37. The predicted molar refractivity (Wildman–Crippen MR) is 110 cm³/mol. The molecule has 2 rings (SSSR count). The molecule has 166 valence electrons. The van der Waals surface area contributed by atoms with Crippen LogP contribution in [0.15, 0.2) is 18.2 Å². The molecule has 0 aliphatic carbocycles. The third-order valence-electron chi connectivity index (χ3n) is 4.18. The smallest absolute Gasteiger partial charge is 0.355 e. The van der Waals surface area contributed by atoms with E-state index in [4.69, 9.17) is 25.8 Å². The number of hydrogen-bond donors (Lipinski definition) is 3. The third-order valence-corrected chi connectivity index (χ3v) is 4.41. The van der Waals surface area contributed by atoms with E-state index in [0.29, 0.717) is 16.3 Å². The largest absolute Gasteiger partial charge is 0.496 e. The number of ether oxygens (including phenoxy) is 3. The number of aromatic amines is 1. The molecule has 0 fully saturated rings. The normalized spacial score (nSPS) is 10.2. The number of halogens is 1. The van der Waals surface area contributed by atoms with Crippen molar-refractivity contribution in [3.63, 3.8) is 0 Å². The summed E-state index contributed by atoms with van der Waals surface area (Å²) in [5.74, 6) is -2.60. The highest BCUT2D eigenvalue weighted by atomic mass is 35.5. The van der Waals surface area contributed by atoms with E-state index >= 15 is 0 Å². The number of nitrogens with one attached hydrogen (secondary N) is 3. The first kappa shape index (κ1) is 23.7. The van der Waals surface area contributed by atoms with E-state index in [1.165, 1.54) is 19.2 Å². The Bertz CT molecular complexity index is 1020. The number of rotatable bonds is 7. The lowest BCUT2D eigenvalue weighted by atomic mass is 10.1. The van der Waals surface area contributed by atoms with Crippen LogP contribution in [0, 0.1) is 13.8 Å². The monoisotopic (exact) mass is 451 g/mol. The molecule has 2 aromatic rings. The van der Waals surface area contributed by atoms with Crippen molar-refractivity contribution < 1.29 is 33.4 Å². The van der Waals surface area contributed by atoms with Gasteiger partial charge in [-0.3, -0.25) is 20.4 Å². The summed E-state index contributed by atoms with van der Waals surface area (Å²) >= 11 is 5.87. The molecule has 0 bridgehead atoms. The molecule has 1 aromatic heterocycles. The molecule has 0 spiro atoms. The van der Waals surface area contributed by atoms with E-state index in [9.17, 15) is 19.2 Å². The van der Waals surface area contributed by atoms with Crippen molar-refractivity contribution in [1.29, 1.82) is 0 Å². The van der Waals surface area contributed by atoms with Crippen molar-refractivity contribution in [2.24, 2.45) is 0 Å². The Hall–Kier alpha value is -3.53. The van der Waals surface area contributed by atoms with Crippen LogP contribution in [0.3, 0.4) is 0 Å². The van der Waals surface area contributed by atoms with Gasteiger partial charge >= 0.3 is 11.9 Å². The Balaban J connectivity index is 1.94. The van der Waals surface area contributed by atoms with Gasteiger partial charge in [0.15, 0.2) is 6.61 Å². The van der Waals surface area contributed by atoms with Crippen LogP contribution in [0.1, 0.15) is 49.4 Å². The summed E-state index contributed by atoms with van der Waals surface area (Å²) in [6, 6.07) is 4.43. The van der Waals surface area contributed by atoms with E-state index in [1.54, 1.807) is 26.8 Å². The Morgan fingerprint density at radius 1 is 1.06 bits per heavy atom. The number of aromatic nitrogens is 1. The zero-order valence-corrected chi connectivity index (χ0v) is 18.1. The Morgan fingerprint density at radius 3 is 2.42 bits per heavy atom. The van der Waals surface area contributed by atoms with Gasteiger partial charge in [-0.25, -0.2) is 9.59 Å². The Labute approximate surface area is 183 Å². The zero-order valence-electron chi connectivity index (χ0n) is 17.4. The van der Waals surface area contributed by atoms with Crippen LogP contribution in [-0.4, -0.2) is 49.1 Å². The average Bonchev–Trinajstić information content (AvgIpc) is 3.04. The van der Waals surface area contributed by atoms with Crippen molar-refractivity contribution in [2.45, 2.75) is 20.8 Å². The molecule has 11 heteroatoms. The summed E-state index contributed by atoms with van der Waals surface area (Å²) in [4.78, 5) is 51.2. The molecular weight excluding hydrogens is 430 g/mol. The first-order valence-corrected chi connectivity index (χ1v) is 9.53. The summed E-state index contributed by atoms with van der Waals surface area (Å²) in [6.07, 6.45) is 0. The standard InChI is InChI=1S/C20H22ClN3O7/c1-5-30-19(27)16-10(2)17(22-11(16)3)20(28)31-9-15(25)23-24-18(26)13-8-12(21)6-7-14(13)29-4/h6-8,22H,5,9H2,1-4H3,(H,23,25)(H,24,26). The van der Waals surface area contributed by atoms with Gasteiger partial charge in [0.05, 0.1) is 24.8 Å². The number of carbonyl (C=O) groups excluding carboxylic acids is 4. The molecule has 0 aliphatic heterocycles. The van der Waals surface area contributed by atoms with Crippen LogP contribution in [0.2, 0.25) is 5.02 Å². The minimum atomic E-state index is -0.839. The number of carbonyl (C=O) groups is 4. The lowest BCUT2D eigenvalue weighted by Gasteiger charge is -2.11. The predicted octanol–water partition coefficient (Wildman–Crippen LogP) is 2.09. The van der Waals surface area contributed by atoms with Crippen LogP contribution >= 0.6 is 11.6 Å². The molecule has 2 amide bonds. The Kier molecular flexibility index (Phi) is 8.03. The molecule has 1 aromatic carbocycles. The second-order valence-electron chi connectivity index (χ2n) is 6.27. The third kappa shape index (κ3) is 5.76. The van der Waals surface area contributed by atoms with Crippen LogP contribution < -0.4 is 15.6 Å². The fourth-order valence-electron chi connectivity index (χ4n) is 2.75. The number of H-pyrrole nitrogens is 1. The molecule has 0 atom stereocenters. The van der Waals surface area contributed by atoms with Gasteiger partial charge in [0.25, 0.3) is 11.8 Å². The van der Waals surface area contributed by atoms with Gasteiger partial charge in [-0.1, -0.05) is 11.6 Å². The lowest BCUT2D eigenvalue weighted by molar-refractivity contribution is -0.125. The number of amides is 2. The summed E-state index contributed by atoms with van der Waals surface area (Å²) in [5, 5.41) is 0.310. The number of aryl methyl sites for hydroxylation is 1. The van der Waals surface area contributed by atoms with Gasteiger partial charge in [0.1, 0.15) is 11.4 Å². The van der Waals surface area contributed by atoms with Crippen LogP contribution in [-0.2, 0) is 14.3 Å². The second kappa shape index (κ2) is 10.5. The molecule has 0 aliphatic rings. The maximum atomic E-state index is 12.3. The van der Waals surface area contributed by atoms with Crippen molar-refractivity contribution >= 4 is 35.4 Å². The van der Waals surface area contributed by atoms with Gasteiger partial charge in [-0.15, -0.1) is 0 Å². The van der Waals surface area contributed by atoms with Gasteiger partial charge in [0, 0.05) is 10.7 Å². The molecule has 3 N–H and O–H groups in total. The maximum Gasteiger partial charge on any atom is 0.355 e. The maximum absolute atomic E-state index is 12.3. The molecule has 1 heterocycles. The van der Waals surface area contributed by atoms with E-state index in [0.717, 1.165) is 0 Å². The minimum Gasteiger partial charge on any atom is -0.496 e. The highest BCUT2D eigenvalue weighted by Gasteiger charge is 2.24. The minimum absolute atomic E-state index is 0.0288. The van der Waals surface area contributed by atoms with Crippen LogP contribution in [0.25, 0.3) is 0 Å². The summed E-state index contributed by atoms with van der Waals surface area (Å²) in [7, 11) is 1.38. The highest BCUT2D eigenvalue weighted by molar-refractivity contribution is 6.31. The number of benzene rings is 1. The van der Waals surface area contributed by atoms with Crippen molar-refractivity contribution in [3.05, 3.63) is 51.3 Å². The number of hydrogen-bond acceptors (Lipinski definition) is 7. The van der Waals surface area contributed by atoms with Gasteiger partial charge < -0.3 is 19.2 Å². The van der Waals surface area contributed by atoms with E-state index in [1.807, 2.05) is 0 Å². The first-order chi connectivity index (χ1) is 14.7. The fraction of sp³-hybridized carbons (Fsp3) is 0.300. The summed E-state index contributed by atoms with van der Waals surface area (Å²) in [5.41, 5.74) is 5.47.